The zero-order chi connectivity index (χ0) is 15.4. The van der Waals surface area contributed by atoms with E-state index < -0.39 is 0 Å². The van der Waals surface area contributed by atoms with Crippen molar-refractivity contribution in [3.05, 3.63) is 62.5 Å². The first-order valence-electron chi connectivity index (χ1n) is 6.41. The lowest BCUT2D eigenvalue weighted by molar-refractivity contribution is 0.0939. The highest BCUT2D eigenvalue weighted by molar-refractivity contribution is 9.11. The standard InChI is InChI=1S/C16H15Br2NOS/c1-10(11-3-6-13(21-2)7-4-11)19-16(20)14-8-5-12(17)9-15(14)18/h3-10H,1-2H3,(H,19,20). The highest BCUT2D eigenvalue weighted by atomic mass is 79.9. The summed E-state index contributed by atoms with van der Waals surface area (Å²) >= 11 is 8.51. The topological polar surface area (TPSA) is 29.1 Å². The minimum absolute atomic E-state index is 0.0380. The average molecular weight is 429 g/mol. The first-order valence-corrected chi connectivity index (χ1v) is 9.22. The predicted octanol–water partition coefficient (Wildman–Crippen LogP) is 5.42. The van der Waals surface area contributed by atoms with Crippen LogP contribution in [0.25, 0.3) is 0 Å². The number of benzene rings is 2. The molecule has 0 aliphatic carbocycles. The maximum absolute atomic E-state index is 12.3. The number of hydrogen-bond donors (Lipinski definition) is 1. The van der Waals surface area contributed by atoms with Crippen molar-refractivity contribution in [1.29, 1.82) is 0 Å². The van der Waals surface area contributed by atoms with Crippen LogP contribution in [0.1, 0.15) is 28.9 Å². The van der Waals surface area contributed by atoms with E-state index in [9.17, 15) is 4.79 Å². The maximum Gasteiger partial charge on any atom is 0.252 e. The van der Waals surface area contributed by atoms with E-state index in [0.717, 1.165) is 14.5 Å². The molecular formula is C16H15Br2NOS. The SMILES string of the molecule is CSc1ccc(C(C)NC(=O)c2ccc(Br)cc2Br)cc1. The monoisotopic (exact) mass is 427 g/mol. The maximum atomic E-state index is 12.3. The molecule has 1 atom stereocenters. The van der Waals surface area contributed by atoms with Crippen molar-refractivity contribution in [3.63, 3.8) is 0 Å². The van der Waals surface area contributed by atoms with Crippen molar-refractivity contribution < 1.29 is 4.79 Å². The summed E-state index contributed by atoms with van der Waals surface area (Å²) < 4.78 is 1.71. The molecule has 2 aromatic carbocycles. The second kappa shape index (κ2) is 7.47. The van der Waals surface area contributed by atoms with E-state index in [1.807, 2.05) is 37.4 Å². The predicted molar refractivity (Wildman–Crippen MR) is 95.9 cm³/mol. The molecule has 0 aliphatic heterocycles. The van der Waals surface area contributed by atoms with Gasteiger partial charge in [0.1, 0.15) is 0 Å². The Hall–Kier alpha value is -0.780. The van der Waals surface area contributed by atoms with Gasteiger partial charge in [-0.3, -0.25) is 4.79 Å². The summed E-state index contributed by atoms with van der Waals surface area (Å²) in [6, 6.07) is 13.7. The van der Waals surface area contributed by atoms with E-state index in [0.29, 0.717) is 5.56 Å². The number of carbonyl (C=O) groups is 1. The normalized spacial score (nSPS) is 12.0. The third kappa shape index (κ3) is 4.34. The van der Waals surface area contributed by atoms with Crippen molar-refractivity contribution in [2.24, 2.45) is 0 Å². The van der Waals surface area contributed by atoms with Gasteiger partial charge in [-0.25, -0.2) is 0 Å². The van der Waals surface area contributed by atoms with Crippen molar-refractivity contribution >= 4 is 49.5 Å². The van der Waals surface area contributed by atoms with Crippen molar-refractivity contribution in [2.75, 3.05) is 6.26 Å². The molecule has 0 radical (unpaired) electrons. The Bertz CT molecular complexity index is 643. The Balaban J connectivity index is 2.10. The molecule has 1 N–H and O–H groups in total. The molecule has 0 fully saturated rings. The Morgan fingerprint density at radius 3 is 2.38 bits per heavy atom. The van der Waals surface area contributed by atoms with Crippen LogP contribution in [0.4, 0.5) is 0 Å². The molecule has 1 unspecified atom stereocenters. The van der Waals surface area contributed by atoms with Gasteiger partial charge in [0, 0.05) is 13.8 Å². The Kier molecular flexibility index (Phi) is 5.90. The number of carbonyl (C=O) groups excluding carboxylic acids is 1. The van der Waals surface area contributed by atoms with Gasteiger partial charge in [0.25, 0.3) is 5.91 Å². The van der Waals surface area contributed by atoms with Gasteiger partial charge in [-0.1, -0.05) is 28.1 Å². The molecule has 2 nitrogen and oxygen atoms in total. The lowest BCUT2D eigenvalue weighted by Gasteiger charge is -2.15. The van der Waals surface area contributed by atoms with Crippen LogP contribution in [-0.4, -0.2) is 12.2 Å². The minimum atomic E-state index is -0.0872. The third-order valence-electron chi connectivity index (χ3n) is 3.14. The number of amides is 1. The zero-order valence-electron chi connectivity index (χ0n) is 11.7. The summed E-state index contributed by atoms with van der Waals surface area (Å²) in [5.41, 5.74) is 1.72. The van der Waals surface area contributed by atoms with Gasteiger partial charge >= 0.3 is 0 Å². The van der Waals surface area contributed by atoms with E-state index in [4.69, 9.17) is 0 Å². The van der Waals surface area contributed by atoms with Gasteiger partial charge in [0.2, 0.25) is 0 Å². The van der Waals surface area contributed by atoms with Gasteiger partial charge in [-0.05, 0) is 65.0 Å². The van der Waals surface area contributed by atoms with Crippen molar-refractivity contribution in [2.45, 2.75) is 17.9 Å². The van der Waals surface area contributed by atoms with E-state index in [2.05, 4.69) is 49.3 Å². The quantitative estimate of drug-likeness (QED) is 0.658. The molecule has 21 heavy (non-hydrogen) atoms. The van der Waals surface area contributed by atoms with Gasteiger partial charge < -0.3 is 5.32 Å². The molecule has 5 heteroatoms. The molecule has 0 saturated carbocycles. The largest absolute Gasteiger partial charge is 0.345 e. The average Bonchev–Trinajstić information content (AvgIpc) is 2.47. The highest BCUT2D eigenvalue weighted by Crippen LogP contribution is 2.23. The van der Waals surface area contributed by atoms with Gasteiger partial charge in [0.05, 0.1) is 11.6 Å². The van der Waals surface area contributed by atoms with Crippen LogP contribution >= 0.6 is 43.6 Å². The molecule has 0 aromatic heterocycles. The zero-order valence-corrected chi connectivity index (χ0v) is 15.7. The van der Waals surface area contributed by atoms with Crippen LogP contribution < -0.4 is 5.32 Å². The summed E-state index contributed by atoms with van der Waals surface area (Å²) in [6.07, 6.45) is 2.05. The Morgan fingerprint density at radius 1 is 1.14 bits per heavy atom. The number of thioether (sulfide) groups is 1. The molecule has 0 aliphatic rings. The number of halogens is 2. The summed E-state index contributed by atoms with van der Waals surface area (Å²) in [6.45, 7) is 1.98. The van der Waals surface area contributed by atoms with Crippen LogP contribution in [-0.2, 0) is 0 Å². The van der Waals surface area contributed by atoms with Crippen LogP contribution in [0.2, 0.25) is 0 Å². The minimum Gasteiger partial charge on any atom is -0.345 e. The summed E-state index contributed by atoms with van der Waals surface area (Å²) in [4.78, 5) is 13.5. The van der Waals surface area contributed by atoms with E-state index >= 15 is 0 Å². The molecule has 0 heterocycles. The fourth-order valence-electron chi connectivity index (χ4n) is 1.92. The Morgan fingerprint density at radius 2 is 1.81 bits per heavy atom. The third-order valence-corrected chi connectivity index (χ3v) is 5.03. The lowest BCUT2D eigenvalue weighted by atomic mass is 10.1. The van der Waals surface area contributed by atoms with E-state index in [1.54, 1.807) is 17.8 Å². The number of rotatable bonds is 4. The second-order valence-electron chi connectivity index (χ2n) is 4.59. The van der Waals surface area contributed by atoms with Gasteiger partial charge in [-0.2, -0.15) is 0 Å². The Labute approximate surface area is 146 Å². The summed E-state index contributed by atoms with van der Waals surface area (Å²) in [5, 5.41) is 3.02. The summed E-state index contributed by atoms with van der Waals surface area (Å²) in [7, 11) is 0. The first-order chi connectivity index (χ1) is 10.0. The fraction of sp³-hybridized carbons (Fsp3) is 0.188. The van der Waals surface area contributed by atoms with Crippen LogP contribution in [0.3, 0.4) is 0 Å². The van der Waals surface area contributed by atoms with Gasteiger partial charge in [-0.15, -0.1) is 11.8 Å². The van der Waals surface area contributed by atoms with Crippen LogP contribution in [0.15, 0.2) is 56.3 Å². The smallest absolute Gasteiger partial charge is 0.252 e. The van der Waals surface area contributed by atoms with Crippen LogP contribution in [0, 0.1) is 0 Å². The highest BCUT2D eigenvalue weighted by Gasteiger charge is 2.14. The van der Waals surface area contributed by atoms with Gasteiger partial charge in [0.15, 0.2) is 0 Å². The number of hydrogen-bond acceptors (Lipinski definition) is 2. The molecular weight excluding hydrogens is 414 g/mol. The molecule has 1 amide bonds. The fourth-order valence-corrected chi connectivity index (χ4v) is 3.56. The molecule has 2 rings (SSSR count). The molecule has 110 valence electrons. The molecule has 0 saturated heterocycles. The first kappa shape index (κ1) is 16.6. The molecule has 0 spiro atoms. The van der Waals surface area contributed by atoms with Crippen molar-refractivity contribution in [3.8, 4) is 0 Å². The number of nitrogens with one attached hydrogen (secondary N) is 1. The summed E-state index contributed by atoms with van der Waals surface area (Å²) in [5.74, 6) is -0.0872. The van der Waals surface area contributed by atoms with Crippen LogP contribution in [0.5, 0.6) is 0 Å². The molecule has 0 bridgehead atoms. The van der Waals surface area contributed by atoms with Crippen molar-refractivity contribution in [1.82, 2.24) is 5.32 Å². The molecule has 2 aromatic rings. The van der Waals surface area contributed by atoms with E-state index in [-0.39, 0.29) is 11.9 Å². The van der Waals surface area contributed by atoms with E-state index in [1.165, 1.54) is 4.90 Å². The lowest BCUT2D eigenvalue weighted by Crippen LogP contribution is -2.26. The second-order valence-corrected chi connectivity index (χ2v) is 7.24.